The number of ether oxygens (including phenoxy) is 7. The Hall–Kier alpha value is -4.65. The molecule has 3 aromatic carbocycles. The van der Waals surface area contributed by atoms with Crippen LogP contribution in [0.5, 0.6) is 11.5 Å². The number of esters is 2. The molecule has 362 valence electrons. The molecule has 0 spiro atoms. The summed E-state index contributed by atoms with van der Waals surface area (Å²) in [6, 6.07) is 25.0. The van der Waals surface area contributed by atoms with Gasteiger partial charge < -0.3 is 52.4 Å². The fraction of sp³-hybridized carbons (Fsp3) is 0.560. The van der Waals surface area contributed by atoms with Gasteiger partial charge in [-0.2, -0.15) is 0 Å². The van der Waals surface area contributed by atoms with Gasteiger partial charge in [0.15, 0.2) is 6.29 Å². The third-order valence-corrected chi connectivity index (χ3v) is 13.4. The molecular weight excluding hydrogens is 866 g/mol. The van der Waals surface area contributed by atoms with Crippen molar-refractivity contribution in [1.29, 1.82) is 0 Å². The summed E-state index contributed by atoms with van der Waals surface area (Å²) >= 11 is 0. The monoisotopic (exact) mass is 935 g/mol. The van der Waals surface area contributed by atoms with E-state index in [0.717, 1.165) is 16.7 Å². The molecule has 1 N–H and O–H groups in total. The van der Waals surface area contributed by atoms with E-state index in [1.54, 1.807) is 14.2 Å². The predicted octanol–water partition coefficient (Wildman–Crippen LogP) is 8.47. The van der Waals surface area contributed by atoms with Crippen molar-refractivity contribution >= 4 is 26.4 Å². The van der Waals surface area contributed by atoms with E-state index in [2.05, 4.69) is 42.5 Å². The molecule has 7 unspecified atom stereocenters. The number of hydrogen-bond donors (Lipinski definition) is 1. The minimum atomic E-state index is -1.62. The van der Waals surface area contributed by atoms with E-state index in [9.17, 15) is 14.4 Å². The van der Waals surface area contributed by atoms with Crippen LogP contribution in [-0.4, -0.2) is 113 Å². The molecule has 0 aromatic heterocycles. The van der Waals surface area contributed by atoms with Gasteiger partial charge in [0.25, 0.3) is 8.53 Å². The zero-order chi connectivity index (χ0) is 48.2. The lowest BCUT2D eigenvalue weighted by atomic mass is 9.80. The molecule has 1 saturated heterocycles. The van der Waals surface area contributed by atoms with Gasteiger partial charge in [-0.05, 0) is 81.5 Å². The number of nitrogens with zero attached hydrogens (tertiary/aromatic N) is 2. The molecule has 0 aliphatic carbocycles. The van der Waals surface area contributed by atoms with Crippen LogP contribution < -0.4 is 14.8 Å². The molecule has 0 radical (unpaired) electrons. The number of carbonyl (C=O) groups excluding carboxylic acids is 3. The summed E-state index contributed by atoms with van der Waals surface area (Å²) in [5.41, 5.74) is 1.40. The predicted molar refractivity (Wildman–Crippen MR) is 252 cm³/mol. The van der Waals surface area contributed by atoms with Gasteiger partial charge >= 0.3 is 11.9 Å². The van der Waals surface area contributed by atoms with E-state index in [-0.39, 0.29) is 69.2 Å². The summed E-state index contributed by atoms with van der Waals surface area (Å²) in [5, 5.41) is 3.21. The smallest absolute Gasteiger partial charge is 0.303 e. The number of benzene rings is 3. The van der Waals surface area contributed by atoms with Crippen LogP contribution in [0.2, 0.25) is 0 Å². The number of carbonyl (C=O) groups is 3. The number of amides is 1. The zero-order valence-electron chi connectivity index (χ0n) is 40.2. The van der Waals surface area contributed by atoms with Gasteiger partial charge in [-0.1, -0.05) is 68.4 Å². The first kappa shape index (κ1) is 54.0. The Morgan fingerprint density at radius 2 is 1.38 bits per heavy atom. The fourth-order valence-electron chi connectivity index (χ4n) is 7.94. The van der Waals surface area contributed by atoms with Crippen molar-refractivity contribution in [2.45, 2.75) is 117 Å². The molecule has 4 rings (SSSR count). The molecular formula is C50H70N3O12P. The van der Waals surface area contributed by atoms with Crippen molar-refractivity contribution < 1.29 is 56.6 Å². The van der Waals surface area contributed by atoms with Crippen molar-refractivity contribution in [2.75, 3.05) is 53.8 Å². The van der Waals surface area contributed by atoms with Gasteiger partial charge in [0, 0.05) is 50.8 Å². The summed E-state index contributed by atoms with van der Waals surface area (Å²) < 4.78 is 56.5. The number of hydrogen-bond acceptors (Lipinski definition) is 13. The summed E-state index contributed by atoms with van der Waals surface area (Å²) in [5.74, 6) is 0.00106. The summed E-state index contributed by atoms with van der Waals surface area (Å²) in [4.78, 5) is 40.9. The highest BCUT2D eigenvalue weighted by Gasteiger charge is 2.45. The minimum Gasteiger partial charge on any atom is -0.497 e. The molecule has 7 atom stereocenters. The highest BCUT2D eigenvalue weighted by molar-refractivity contribution is 7.44. The van der Waals surface area contributed by atoms with Gasteiger partial charge in [0.1, 0.15) is 42.5 Å². The summed E-state index contributed by atoms with van der Waals surface area (Å²) in [6.07, 6.45) is -0.670. The zero-order valence-corrected chi connectivity index (χ0v) is 41.1. The maximum Gasteiger partial charge on any atom is 0.303 e. The van der Waals surface area contributed by atoms with Crippen LogP contribution in [-0.2, 0) is 52.7 Å². The van der Waals surface area contributed by atoms with Crippen LogP contribution >= 0.6 is 8.53 Å². The summed E-state index contributed by atoms with van der Waals surface area (Å²) in [7, 11) is 1.63. The van der Waals surface area contributed by atoms with E-state index in [0.29, 0.717) is 30.9 Å². The molecule has 1 aliphatic heterocycles. The molecule has 0 bridgehead atoms. The number of nitrogens with one attached hydrogen (secondary N) is 1. The normalized spacial score (nSPS) is 19.5. The SMILES string of the molecule is [C-]#[N+]CCOP(OCC(COC(c1ccccc1)(c1ccc(OC)cc1)c1ccc(OC)cc1)NC(=O)CCCCOC1OC(COC(C)=O)C(OC(C)=O)C(C)C1C)N(C(C)C)C(C)C. The molecule has 16 heteroatoms. The minimum absolute atomic E-state index is 0.0360. The number of methoxy groups -OCH3 is 2. The van der Waals surface area contributed by atoms with Crippen molar-refractivity contribution in [3.05, 3.63) is 107 Å². The van der Waals surface area contributed by atoms with Crippen LogP contribution in [0.15, 0.2) is 78.9 Å². The Bertz CT molecular complexity index is 1910. The Morgan fingerprint density at radius 1 is 0.788 bits per heavy atom. The highest BCUT2D eigenvalue weighted by atomic mass is 31.2. The number of unbranched alkanes of at least 4 members (excludes halogenated alkanes) is 1. The molecule has 1 heterocycles. The van der Waals surface area contributed by atoms with Crippen molar-refractivity contribution in [3.63, 3.8) is 0 Å². The molecule has 1 fully saturated rings. The third-order valence-electron chi connectivity index (χ3n) is 11.4. The van der Waals surface area contributed by atoms with Crippen LogP contribution in [0.3, 0.4) is 0 Å². The van der Waals surface area contributed by atoms with Gasteiger partial charge in [-0.15, -0.1) is 0 Å². The highest BCUT2D eigenvalue weighted by Crippen LogP contribution is 2.46. The first-order valence-corrected chi connectivity index (χ1v) is 23.8. The largest absolute Gasteiger partial charge is 0.497 e. The molecule has 1 amide bonds. The Labute approximate surface area is 392 Å². The topological polar surface area (TPSA) is 154 Å². The lowest BCUT2D eigenvalue weighted by Gasteiger charge is -2.43. The Balaban J connectivity index is 1.58. The molecule has 3 aromatic rings. The standard InChI is InChI=1S/C50H70N3O12P/c1-34(2)53(35(3)4)66(62-30-28-51-9)63-32-43(52-47(56)19-15-16-29-59-49-37(6)36(5)48(64-39(8)55)46(65-49)33-60-38(7)54)31-61-50(40-17-13-12-14-18-40,41-20-24-44(57-10)25-21-41)42-22-26-45(58-11)27-23-42/h12-14,17-18,20-27,34-37,43,46,48-49H,15-16,19,28-33H2,1-8,10-11H3,(H,52,56). The van der Waals surface area contributed by atoms with Gasteiger partial charge in [0.05, 0.1) is 33.5 Å². The van der Waals surface area contributed by atoms with E-state index in [1.165, 1.54) is 13.8 Å². The second-order valence-corrected chi connectivity index (χ2v) is 18.3. The van der Waals surface area contributed by atoms with Crippen LogP contribution in [0, 0.1) is 18.4 Å². The number of rotatable bonds is 27. The van der Waals surface area contributed by atoms with Crippen molar-refractivity contribution in [3.8, 4) is 11.5 Å². The van der Waals surface area contributed by atoms with Gasteiger partial charge in [-0.25, -0.2) is 11.2 Å². The maximum absolute atomic E-state index is 13.9. The Kier molecular flexibility index (Phi) is 22.3. The van der Waals surface area contributed by atoms with E-state index < -0.39 is 50.6 Å². The average molecular weight is 936 g/mol. The van der Waals surface area contributed by atoms with E-state index >= 15 is 0 Å². The molecule has 66 heavy (non-hydrogen) atoms. The van der Waals surface area contributed by atoms with Gasteiger partial charge in [-0.3, -0.25) is 14.4 Å². The fourth-order valence-corrected chi connectivity index (χ4v) is 9.58. The second-order valence-electron chi connectivity index (χ2n) is 16.9. The van der Waals surface area contributed by atoms with E-state index in [1.807, 2.05) is 92.7 Å². The summed E-state index contributed by atoms with van der Waals surface area (Å²) in [6.45, 7) is 22.9. The van der Waals surface area contributed by atoms with Crippen LogP contribution in [0.1, 0.15) is 91.3 Å². The van der Waals surface area contributed by atoms with Crippen LogP contribution in [0.4, 0.5) is 0 Å². The molecule has 1 aliphatic rings. The average Bonchev–Trinajstić information content (AvgIpc) is 3.30. The van der Waals surface area contributed by atoms with Gasteiger partial charge in [0.2, 0.25) is 12.5 Å². The van der Waals surface area contributed by atoms with E-state index in [4.69, 9.17) is 48.8 Å². The van der Waals surface area contributed by atoms with Crippen molar-refractivity contribution in [2.24, 2.45) is 11.8 Å². The Morgan fingerprint density at radius 3 is 1.91 bits per heavy atom. The lowest BCUT2D eigenvalue weighted by Crippen LogP contribution is -2.53. The molecule has 15 nitrogen and oxygen atoms in total. The van der Waals surface area contributed by atoms with Crippen molar-refractivity contribution in [1.82, 2.24) is 9.99 Å². The first-order valence-electron chi connectivity index (χ1n) is 22.7. The first-order chi connectivity index (χ1) is 31.6. The third kappa shape index (κ3) is 15.5. The quantitative estimate of drug-likeness (QED) is 0.0256. The van der Waals surface area contributed by atoms with Crippen LogP contribution in [0.25, 0.3) is 4.85 Å². The maximum atomic E-state index is 13.9. The second kappa shape index (κ2) is 27.2. The lowest BCUT2D eigenvalue weighted by molar-refractivity contribution is -0.273. The molecule has 0 saturated carbocycles.